The molecular formula is C18H27NO. The average molecular weight is 273 g/mol. The van der Waals surface area contributed by atoms with Crippen molar-refractivity contribution >= 4 is 0 Å². The number of nitrogens with two attached hydrogens (primary N) is 1. The van der Waals surface area contributed by atoms with Crippen LogP contribution in [0.25, 0.3) is 0 Å². The first-order valence-corrected chi connectivity index (χ1v) is 8.25. The number of fused-ring (bicyclic) bond motifs is 1. The molecule has 0 saturated heterocycles. The molecule has 0 spiro atoms. The van der Waals surface area contributed by atoms with Crippen LogP contribution in [0.1, 0.15) is 61.8 Å². The summed E-state index contributed by atoms with van der Waals surface area (Å²) in [6.45, 7) is 2.92. The molecule has 1 unspecified atom stereocenters. The molecule has 0 heterocycles. The molecule has 1 fully saturated rings. The Morgan fingerprint density at radius 3 is 2.70 bits per heavy atom. The standard InChI is InChI=1S/C18H27NO/c1-2-20-17-9-13(10-17)11-18(19)16-8-7-14-5-3-4-6-15(14)12-16/h7-8,12-13,17-18H,2-6,9-11,19H2,1H3. The van der Waals surface area contributed by atoms with E-state index in [9.17, 15) is 0 Å². The Balaban J connectivity index is 1.56. The van der Waals surface area contributed by atoms with Crippen molar-refractivity contribution in [2.45, 2.75) is 64.0 Å². The Hall–Kier alpha value is -0.860. The fourth-order valence-corrected chi connectivity index (χ4v) is 3.72. The van der Waals surface area contributed by atoms with Gasteiger partial charge in [0.1, 0.15) is 0 Å². The predicted octanol–water partition coefficient (Wildman–Crippen LogP) is 3.77. The van der Waals surface area contributed by atoms with Crippen LogP contribution in [-0.4, -0.2) is 12.7 Å². The second-order valence-electron chi connectivity index (χ2n) is 6.49. The summed E-state index contributed by atoms with van der Waals surface area (Å²) in [6, 6.07) is 7.15. The van der Waals surface area contributed by atoms with Gasteiger partial charge in [0.15, 0.2) is 0 Å². The Bertz CT molecular complexity index is 451. The third-order valence-corrected chi connectivity index (χ3v) is 4.98. The number of ether oxygens (including phenoxy) is 1. The minimum absolute atomic E-state index is 0.204. The predicted molar refractivity (Wildman–Crippen MR) is 82.8 cm³/mol. The van der Waals surface area contributed by atoms with Gasteiger partial charge >= 0.3 is 0 Å². The van der Waals surface area contributed by atoms with Gasteiger partial charge in [-0.25, -0.2) is 0 Å². The van der Waals surface area contributed by atoms with E-state index in [1.54, 1.807) is 11.1 Å². The van der Waals surface area contributed by atoms with Crippen LogP contribution in [0.4, 0.5) is 0 Å². The van der Waals surface area contributed by atoms with Crippen LogP contribution >= 0.6 is 0 Å². The van der Waals surface area contributed by atoms with E-state index in [1.165, 1.54) is 44.1 Å². The summed E-state index contributed by atoms with van der Waals surface area (Å²) in [5.74, 6) is 0.762. The minimum Gasteiger partial charge on any atom is -0.378 e. The highest BCUT2D eigenvalue weighted by Gasteiger charge is 2.31. The molecule has 2 N–H and O–H groups in total. The summed E-state index contributed by atoms with van der Waals surface area (Å²) in [4.78, 5) is 0. The minimum atomic E-state index is 0.204. The molecule has 20 heavy (non-hydrogen) atoms. The molecule has 1 atom stereocenters. The van der Waals surface area contributed by atoms with Crippen LogP contribution in [0.15, 0.2) is 18.2 Å². The van der Waals surface area contributed by atoms with Gasteiger partial charge in [0.2, 0.25) is 0 Å². The highest BCUT2D eigenvalue weighted by Crippen LogP contribution is 2.36. The van der Waals surface area contributed by atoms with Crippen LogP contribution < -0.4 is 5.73 Å². The lowest BCUT2D eigenvalue weighted by Gasteiger charge is -2.36. The topological polar surface area (TPSA) is 35.2 Å². The van der Waals surface area contributed by atoms with Crippen molar-refractivity contribution in [3.63, 3.8) is 0 Å². The SMILES string of the molecule is CCOC1CC(CC(N)c2ccc3c(c2)CCCC3)C1. The monoisotopic (exact) mass is 273 g/mol. The first-order chi connectivity index (χ1) is 9.76. The third kappa shape index (κ3) is 3.07. The molecule has 110 valence electrons. The molecule has 1 saturated carbocycles. The molecule has 0 radical (unpaired) electrons. The van der Waals surface area contributed by atoms with Crippen LogP contribution in [0, 0.1) is 5.92 Å². The smallest absolute Gasteiger partial charge is 0.0580 e. The van der Waals surface area contributed by atoms with Gasteiger partial charge in [-0.05, 0) is 74.5 Å². The van der Waals surface area contributed by atoms with E-state index in [-0.39, 0.29) is 6.04 Å². The summed E-state index contributed by atoms with van der Waals surface area (Å²) in [7, 11) is 0. The van der Waals surface area contributed by atoms with Gasteiger partial charge in [-0.2, -0.15) is 0 Å². The lowest BCUT2D eigenvalue weighted by Crippen LogP contribution is -2.33. The molecule has 2 aliphatic rings. The van der Waals surface area contributed by atoms with Gasteiger partial charge in [-0.1, -0.05) is 18.2 Å². The number of benzene rings is 1. The Labute approximate surface area is 122 Å². The van der Waals surface area contributed by atoms with E-state index in [1.807, 2.05) is 0 Å². The van der Waals surface area contributed by atoms with Crippen LogP contribution in [-0.2, 0) is 17.6 Å². The van der Waals surface area contributed by atoms with E-state index in [2.05, 4.69) is 25.1 Å². The highest BCUT2D eigenvalue weighted by atomic mass is 16.5. The van der Waals surface area contributed by atoms with E-state index < -0.39 is 0 Å². The van der Waals surface area contributed by atoms with Crippen molar-refractivity contribution in [1.29, 1.82) is 0 Å². The quantitative estimate of drug-likeness (QED) is 0.886. The van der Waals surface area contributed by atoms with Crippen LogP contribution in [0.5, 0.6) is 0 Å². The Morgan fingerprint density at radius 2 is 1.95 bits per heavy atom. The van der Waals surface area contributed by atoms with E-state index >= 15 is 0 Å². The summed E-state index contributed by atoms with van der Waals surface area (Å²) >= 11 is 0. The summed E-state index contributed by atoms with van der Waals surface area (Å²) in [5.41, 5.74) is 10.9. The Kier molecular flexibility index (Phi) is 4.42. The molecule has 0 aromatic heterocycles. The molecule has 1 aromatic carbocycles. The molecule has 2 aliphatic carbocycles. The van der Waals surface area contributed by atoms with Crippen molar-refractivity contribution in [1.82, 2.24) is 0 Å². The van der Waals surface area contributed by atoms with Gasteiger partial charge < -0.3 is 10.5 Å². The number of aryl methyl sites for hydroxylation is 2. The van der Waals surface area contributed by atoms with Gasteiger partial charge in [0.25, 0.3) is 0 Å². The molecule has 2 nitrogen and oxygen atoms in total. The molecular weight excluding hydrogens is 246 g/mol. The molecule has 0 bridgehead atoms. The highest BCUT2D eigenvalue weighted by molar-refractivity contribution is 5.35. The average Bonchev–Trinajstić information content (AvgIpc) is 2.44. The first-order valence-electron chi connectivity index (χ1n) is 8.25. The van der Waals surface area contributed by atoms with Crippen molar-refractivity contribution in [3.05, 3.63) is 34.9 Å². The van der Waals surface area contributed by atoms with Crippen LogP contribution in [0.2, 0.25) is 0 Å². The largest absolute Gasteiger partial charge is 0.378 e. The second-order valence-corrected chi connectivity index (χ2v) is 6.49. The van der Waals surface area contributed by atoms with E-state index in [4.69, 9.17) is 10.5 Å². The summed E-state index contributed by atoms with van der Waals surface area (Å²) < 4.78 is 5.63. The van der Waals surface area contributed by atoms with Crippen LogP contribution in [0.3, 0.4) is 0 Å². The van der Waals surface area contributed by atoms with Gasteiger partial charge in [0.05, 0.1) is 6.10 Å². The third-order valence-electron chi connectivity index (χ3n) is 4.98. The van der Waals surface area contributed by atoms with Crippen molar-refractivity contribution in [3.8, 4) is 0 Å². The molecule has 1 aromatic rings. The maximum atomic E-state index is 6.42. The number of hydrogen-bond donors (Lipinski definition) is 1. The summed E-state index contributed by atoms with van der Waals surface area (Å²) in [5, 5.41) is 0. The van der Waals surface area contributed by atoms with Gasteiger partial charge in [0, 0.05) is 12.6 Å². The zero-order valence-corrected chi connectivity index (χ0v) is 12.6. The zero-order valence-electron chi connectivity index (χ0n) is 12.6. The summed E-state index contributed by atoms with van der Waals surface area (Å²) in [6.07, 6.45) is 9.20. The normalized spacial score (nSPS) is 26.7. The lowest BCUT2D eigenvalue weighted by molar-refractivity contribution is -0.0282. The van der Waals surface area contributed by atoms with Crippen molar-refractivity contribution < 1.29 is 4.74 Å². The van der Waals surface area contributed by atoms with Gasteiger partial charge in [-0.15, -0.1) is 0 Å². The fourth-order valence-electron chi connectivity index (χ4n) is 3.72. The lowest BCUT2D eigenvalue weighted by atomic mass is 9.77. The molecule has 0 aliphatic heterocycles. The Morgan fingerprint density at radius 1 is 1.20 bits per heavy atom. The molecule has 2 heteroatoms. The van der Waals surface area contributed by atoms with Gasteiger partial charge in [-0.3, -0.25) is 0 Å². The second kappa shape index (κ2) is 6.28. The maximum absolute atomic E-state index is 6.42. The fraction of sp³-hybridized carbons (Fsp3) is 0.667. The van der Waals surface area contributed by atoms with E-state index in [0.29, 0.717) is 6.10 Å². The first kappa shape index (κ1) is 14.1. The van der Waals surface area contributed by atoms with E-state index in [0.717, 1.165) is 18.9 Å². The number of hydrogen-bond acceptors (Lipinski definition) is 2. The number of rotatable bonds is 5. The molecule has 3 rings (SSSR count). The molecule has 0 amide bonds. The zero-order chi connectivity index (χ0) is 13.9. The van der Waals surface area contributed by atoms with Crippen molar-refractivity contribution in [2.75, 3.05) is 6.61 Å². The maximum Gasteiger partial charge on any atom is 0.0580 e. The van der Waals surface area contributed by atoms with Crippen molar-refractivity contribution in [2.24, 2.45) is 11.7 Å².